The number of aromatic hydroxyl groups is 1. The second kappa shape index (κ2) is 8.51. The molecule has 4 heterocycles. The maximum atomic E-state index is 11.5. The molecule has 1 aromatic carbocycles. The van der Waals surface area contributed by atoms with Gasteiger partial charge in [-0.25, -0.2) is 9.79 Å². The Labute approximate surface area is 202 Å². The predicted octanol–water partition coefficient (Wildman–Crippen LogP) is 2.11. The monoisotopic (exact) mass is 486 g/mol. The summed E-state index contributed by atoms with van der Waals surface area (Å²) in [6.07, 6.45) is 5.28. The molecule has 0 bridgehead atoms. The predicted molar refractivity (Wildman–Crippen MR) is 133 cm³/mol. The molecule has 0 unspecified atom stereocenters. The van der Waals surface area contributed by atoms with Gasteiger partial charge in [-0.15, -0.1) is 11.3 Å². The number of imidazole rings is 1. The topological polar surface area (TPSA) is 136 Å². The van der Waals surface area contributed by atoms with Crippen molar-refractivity contribution in [3.8, 4) is 16.3 Å². The molecular weight excluding hydrogens is 464 g/mol. The summed E-state index contributed by atoms with van der Waals surface area (Å²) in [6.45, 7) is 2.64. The Balaban J connectivity index is 1.40. The van der Waals surface area contributed by atoms with Crippen LogP contribution >= 0.6 is 11.3 Å². The van der Waals surface area contributed by atoms with Crippen LogP contribution in [0.5, 0.6) is 5.88 Å². The number of anilines is 1. The van der Waals surface area contributed by atoms with E-state index in [2.05, 4.69) is 61.5 Å². The minimum absolute atomic E-state index is 0.241. The molecule has 1 aliphatic rings. The second-order valence-electron chi connectivity index (χ2n) is 8.45. The van der Waals surface area contributed by atoms with Crippen LogP contribution in [0.4, 0.5) is 5.95 Å². The van der Waals surface area contributed by atoms with E-state index < -0.39 is 5.69 Å². The van der Waals surface area contributed by atoms with E-state index in [9.17, 15) is 9.90 Å². The third-order valence-corrected chi connectivity index (χ3v) is 6.75. The second-order valence-corrected chi connectivity index (χ2v) is 9.74. The molecule has 6 rings (SSSR count). The average Bonchev–Trinajstić information content (AvgIpc) is 3.25. The van der Waals surface area contributed by atoms with E-state index in [0.717, 1.165) is 18.4 Å². The number of aromatic amines is 2. The highest BCUT2D eigenvalue weighted by Crippen LogP contribution is 2.30. The van der Waals surface area contributed by atoms with E-state index in [1.165, 1.54) is 15.3 Å². The summed E-state index contributed by atoms with van der Waals surface area (Å²) in [7, 11) is 0. The van der Waals surface area contributed by atoms with Crippen LogP contribution in [0, 0.1) is 6.92 Å². The summed E-state index contributed by atoms with van der Waals surface area (Å²) in [6, 6.07) is 12.8. The number of H-pyrrole nitrogens is 2. The summed E-state index contributed by atoms with van der Waals surface area (Å²) in [5, 5.41) is 18.3. The zero-order valence-corrected chi connectivity index (χ0v) is 19.6. The van der Waals surface area contributed by atoms with E-state index in [1.54, 1.807) is 28.1 Å². The first-order chi connectivity index (χ1) is 17.0. The van der Waals surface area contributed by atoms with Gasteiger partial charge in [0.15, 0.2) is 5.65 Å². The first-order valence-electron chi connectivity index (χ1n) is 11.2. The van der Waals surface area contributed by atoms with Gasteiger partial charge in [-0.3, -0.25) is 4.98 Å². The number of thiophene rings is 1. The first kappa shape index (κ1) is 21.3. The van der Waals surface area contributed by atoms with Crippen LogP contribution in [-0.2, 0) is 6.54 Å². The number of rotatable bonds is 6. The van der Waals surface area contributed by atoms with Gasteiger partial charge in [0.25, 0.3) is 5.62 Å². The largest absolute Gasteiger partial charge is 0.493 e. The van der Waals surface area contributed by atoms with E-state index in [-0.39, 0.29) is 17.6 Å². The normalized spacial score (nSPS) is 14.8. The van der Waals surface area contributed by atoms with Crippen LogP contribution in [-0.4, -0.2) is 40.7 Å². The van der Waals surface area contributed by atoms with Crippen molar-refractivity contribution >= 4 is 29.0 Å². The quantitative estimate of drug-likeness (QED) is 0.290. The summed E-state index contributed by atoms with van der Waals surface area (Å²) < 4.78 is 1.58. The lowest BCUT2D eigenvalue weighted by Crippen LogP contribution is -2.24. The number of fused-ring (bicyclic) bond motifs is 1. The van der Waals surface area contributed by atoms with Crippen LogP contribution in [0.3, 0.4) is 0 Å². The van der Waals surface area contributed by atoms with Crippen LogP contribution < -0.4 is 21.8 Å². The molecule has 11 heteroatoms. The molecule has 1 fully saturated rings. The lowest BCUT2D eigenvalue weighted by Gasteiger charge is -2.10. The van der Waals surface area contributed by atoms with Gasteiger partial charge in [0.1, 0.15) is 5.69 Å². The molecular formula is C24H22N8O2S. The summed E-state index contributed by atoms with van der Waals surface area (Å²) >= 11 is 1.76. The Morgan fingerprint density at radius 3 is 2.83 bits per heavy atom. The van der Waals surface area contributed by atoms with Crippen molar-refractivity contribution < 1.29 is 5.11 Å². The van der Waals surface area contributed by atoms with Crippen molar-refractivity contribution in [3.05, 3.63) is 80.1 Å². The van der Waals surface area contributed by atoms with Crippen LogP contribution in [0.2, 0.25) is 0 Å². The molecule has 0 saturated heterocycles. The lowest BCUT2D eigenvalue weighted by molar-refractivity contribution is 0.454. The molecule has 35 heavy (non-hydrogen) atoms. The number of nitrogens with one attached hydrogen (secondary N) is 3. The highest BCUT2D eigenvalue weighted by Gasteiger charge is 2.21. The van der Waals surface area contributed by atoms with E-state index in [4.69, 9.17) is 4.99 Å². The SMILES string of the molecule is Cc1ccc(-c2ccccc2CNc2nc(=NC3CC3)n3ncc(=Cc4[nH]c(=O)[nH]c4O)c3n2)s1. The minimum Gasteiger partial charge on any atom is -0.493 e. The molecule has 0 amide bonds. The number of nitrogens with zero attached hydrogens (tertiary/aromatic N) is 5. The van der Waals surface area contributed by atoms with Crippen LogP contribution in [0.15, 0.2) is 52.4 Å². The zero-order valence-electron chi connectivity index (χ0n) is 18.8. The fraction of sp³-hybridized carbons (Fsp3) is 0.208. The third-order valence-electron chi connectivity index (χ3n) is 5.72. The first-order valence-corrected chi connectivity index (χ1v) is 12.1. The van der Waals surface area contributed by atoms with Gasteiger partial charge in [0, 0.05) is 21.5 Å². The van der Waals surface area contributed by atoms with Gasteiger partial charge < -0.3 is 15.4 Å². The van der Waals surface area contributed by atoms with Crippen molar-refractivity contribution in [1.29, 1.82) is 0 Å². The number of aromatic nitrogens is 6. The van der Waals surface area contributed by atoms with Gasteiger partial charge in [0.2, 0.25) is 11.8 Å². The average molecular weight is 487 g/mol. The smallest absolute Gasteiger partial charge is 0.326 e. The fourth-order valence-corrected chi connectivity index (χ4v) is 4.76. The van der Waals surface area contributed by atoms with Gasteiger partial charge in [-0.05, 0) is 49.1 Å². The number of aryl methyl sites for hydroxylation is 1. The van der Waals surface area contributed by atoms with Crippen molar-refractivity contribution in [1.82, 2.24) is 29.5 Å². The molecule has 5 aromatic rings. The molecule has 0 atom stereocenters. The Kier molecular flexibility index (Phi) is 5.18. The molecule has 176 valence electrons. The number of hydrogen-bond donors (Lipinski definition) is 4. The summed E-state index contributed by atoms with van der Waals surface area (Å²) in [5.41, 5.74) is 3.05. The van der Waals surface area contributed by atoms with Crippen molar-refractivity contribution in [3.63, 3.8) is 0 Å². The Morgan fingerprint density at radius 1 is 1.23 bits per heavy atom. The Hall–Kier alpha value is -4.25. The molecule has 1 aliphatic carbocycles. The van der Waals surface area contributed by atoms with E-state index in [1.807, 2.05) is 12.1 Å². The Bertz CT molecular complexity index is 1720. The summed E-state index contributed by atoms with van der Waals surface area (Å²) in [4.78, 5) is 32.9. The fourth-order valence-electron chi connectivity index (χ4n) is 3.83. The van der Waals surface area contributed by atoms with Crippen molar-refractivity contribution in [2.45, 2.75) is 32.4 Å². The molecule has 0 aliphatic heterocycles. The van der Waals surface area contributed by atoms with Crippen LogP contribution in [0.1, 0.15) is 29.0 Å². The van der Waals surface area contributed by atoms with Gasteiger partial charge in [-0.2, -0.15) is 19.6 Å². The molecule has 0 radical (unpaired) electrons. The maximum Gasteiger partial charge on any atom is 0.326 e. The van der Waals surface area contributed by atoms with Gasteiger partial charge in [-0.1, -0.05) is 24.3 Å². The van der Waals surface area contributed by atoms with Crippen LogP contribution in [0.25, 0.3) is 22.2 Å². The van der Waals surface area contributed by atoms with Gasteiger partial charge >= 0.3 is 5.69 Å². The molecule has 4 aromatic heterocycles. The Morgan fingerprint density at radius 2 is 2.09 bits per heavy atom. The number of hydrogen-bond acceptors (Lipinski definition) is 8. The molecule has 0 spiro atoms. The maximum absolute atomic E-state index is 11.5. The zero-order chi connectivity index (χ0) is 23.9. The van der Waals surface area contributed by atoms with Crippen molar-refractivity contribution in [2.24, 2.45) is 4.99 Å². The van der Waals surface area contributed by atoms with Crippen molar-refractivity contribution in [2.75, 3.05) is 5.32 Å². The number of benzene rings is 1. The third kappa shape index (κ3) is 4.33. The van der Waals surface area contributed by atoms with E-state index >= 15 is 0 Å². The van der Waals surface area contributed by atoms with E-state index in [0.29, 0.717) is 29.0 Å². The molecule has 1 saturated carbocycles. The standard InChI is InChI=1S/C24H22N8O2S/c1-13-6-9-19(35-13)17-5-3-2-4-14(17)11-25-22-29-20-15(10-18-21(33)30-24(34)28-18)12-26-32(20)23(31-22)27-16-7-8-16/h2-6,9-10,12,16,33H,7-8,11H2,1H3,(H,25,27,31)(H2,28,30,34). The summed E-state index contributed by atoms with van der Waals surface area (Å²) in [5.74, 6) is 0.182. The molecule has 4 N–H and O–H groups in total. The highest BCUT2D eigenvalue weighted by molar-refractivity contribution is 7.15. The highest BCUT2D eigenvalue weighted by atomic mass is 32.1. The minimum atomic E-state index is -0.494. The molecule has 10 nitrogen and oxygen atoms in total. The lowest BCUT2D eigenvalue weighted by atomic mass is 10.1. The van der Waals surface area contributed by atoms with Gasteiger partial charge in [0.05, 0.1) is 12.2 Å².